The zero-order valence-electron chi connectivity index (χ0n) is 12.8. The summed E-state index contributed by atoms with van der Waals surface area (Å²) < 4.78 is 6.08. The predicted molar refractivity (Wildman–Crippen MR) is 73.5 cm³/mol. The lowest BCUT2D eigenvalue weighted by Gasteiger charge is -2.32. The van der Waals surface area contributed by atoms with Gasteiger partial charge in [-0.15, -0.1) is 0 Å². The maximum Gasteiger partial charge on any atom is 0.142 e. The summed E-state index contributed by atoms with van der Waals surface area (Å²) in [5.74, 6) is 0.752. The molecule has 0 amide bonds. The van der Waals surface area contributed by atoms with Gasteiger partial charge in [0.15, 0.2) is 0 Å². The molecule has 1 aliphatic heterocycles. The van der Waals surface area contributed by atoms with Gasteiger partial charge in [0, 0.05) is 11.8 Å². The number of Topliss-reactive ketones (excluding diaryl/α,β-unsaturated/α-hetero) is 1. The summed E-state index contributed by atoms with van der Waals surface area (Å²) in [6.07, 6.45) is 4.31. The molecule has 0 aromatic rings. The molecule has 0 N–H and O–H groups in total. The molecule has 1 saturated heterocycles. The lowest BCUT2D eigenvalue weighted by molar-refractivity contribution is -0.135. The van der Waals surface area contributed by atoms with Crippen LogP contribution in [0.2, 0.25) is 0 Å². The largest absolute Gasteiger partial charge is 0.369 e. The first-order valence-corrected chi connectivity index (χ1v) is 7.29. The van der Waals surface area contributed by atoms with E-state index >= 15 is 0 Å². The number of ether oxygens (including phenoxy) is 1. The molecule has 0 aromatic carbocycles. The predicted octanol–water partition coefficient (Wildman–Crippen LogP) is 3.98. The Hall–Kier alpha value is -0.370. The van der Waals surface area contributed by atoms with Gasteiger partial charge in [0.2, 0.25) is 0 Å². The number of carbonyl (C=O) groups is 1. The van der Waals surface area contributed by atoms with Gasteiger partial charge in [-0.25, -0.2) is 0 Å². The van der Waals surface area contributed by atoms with Crippen LogP contribution in [0.3, 0.4) is 0 Å². The van der Waals surface area contributed by atoms with E-state index in [0.29, 0.717) is 5.78 Å². The van der Waals surface area contributed by atoms with Gasteiger partial charge in [-0.05, 0) is 52.4 Å². The van der Waals surface area contributed by atoms with Crippen molar-refractivity contribution in [2.45, 2.75) is 78.4 Å². The SMILES string of the molecule is CC1(C)CC(C(=O)C2CCCC2(C)C)C(C)(C)O1. The minimum absolute atomic E-state index is 0.0647. The number of ketones is 1. The highest BCUT2D eigenvalue weighted by atomic mass is 16.5. The Balaban J connectivity index is 2.20. The molecular formula is C16H28O2. The second-order valence-corrected chi connectivity index (χ2v) is 8.06. The van der Waals surface area contributed by atoms with Crippen LogP contribution in [0, 0.1) is 17.3 Å². The molecule has 1 aliphatic carbocycles. The molecule has 0 aromatic heterocycles. The molecule has 2 rings (SSSR count). The Morgan fingerprint density at radius 2 is 1.67 bits per heavy atom. The van der Waals surface area contributed by atoms with Gasteiger partial charge in [0.25, 0.3) is 0 Å². The molecule has 2 fully saturated rings. The van der Waals surface area contributed by atoms with Crippen molar-refractivity contribution >= 4 is 5.78 Å². The number of rotatable bonds is 2. The van der Waals surface area contributed by atoms with Crippen LogP contribution in [-0.4, -0.2) is 17.0 Å². The minimum Gasteiger partial charge on any atom is -0.369 e. The van der Waals surface area contributed by atoms with Crippen molar-refractivity contribution < 1.29 is 9.53 Å². The zero-order valence-corrected chi connectivity index (χ0v) is 12.8. The average molecular weight is 252 g/mol. The van der Waals surface area contributed by atoms with E-state index in [1.165, 1.54) is 12.8 Å². The van der Waals surface area contributed by atoms with Crippen molar-refractivity contribution in [3.63, 3.8) is 0 Å². The Kier molecular flexibility index (Phi) is 3.17. The van der Waals surface area contributed by atoms with E-state index < -0.39 is 0 Å². The van der Waals surface area contributed by atoms with Crippen molar-refractivity contribution in [2.24, 2.45) is 17.3 Å². The molecular weight excluding hydrogens is 224 g/mol. The fraction of sp³-hybridized carbons (Fsp3) is 0.938. The smallest absolute Gasteiger partial charge is 0.142 e. The van der Waals surface area contributed by atoms with Crippen molar-refractivity contribution in [1.82, 2.24) is 0 Å². The van der Waals surface area contributed by atoms with E-state index in [-0.39, 0.29) is 28.5 Å². The van der Waals surface area contributed by atoms with Gasteiger partial charge in [-0.2, -0.15) is 0 Å². The van der Waals surface area contributed by atoms with Crippen LogP contribution in [0.1, 0.15) is 67.2 Å². The second-order valence-electron chi connectivity index (χ2n) is 8.06. The lowest BCUT2D eigenvalue weighted by atomic mass is 9.71. The highest BCUT2D eigenvalue weighted by Crippen LogP contribution is 2.49. The summed E-state index contributed by atoms with van der Waals surface area (Å²) >= 11 is 0. The van der Waals surface area contributed by atoms with Crippen LogP contribution in [0.15, 0.2) is 0 Å². The first-order chi connectivity index (χ1) is 8.05. The van der Waals surface area contributed by atoms with Crippen LogP contribution in [0.5, 0.6) is 0 Å². The topological polar surface area (TPSA) is 26.3 Å². The molecule has 1 saturated carbocycles. The fourth-order valence-electron chi connectivity index (χ4n) is 4.10. The molecule has 2 atom stereocenters. The summed E-state index contributed by atoms with van der Waals surface area (Å²) in [6, 6.07) is 0. The Bertz CT molecular complexity index is 352. The molecule has 2 heteroatoms. The molecule has 18 heavy (non-hydrogen) atoms. The monoisotopic (exact) mass is 252 g/mol. The first-order valence-electron chi connectivity index (χ1n) is 7.29. The standard InChI is InChI=1S/C16H28O2/c1-14(2)9-7-8-11(14)13(17)12-10-15(3,4)18-16(12,5)6/h11-12H,7-10H2,1-6H3. The third-order valence-electron chi connectivity index (χ3n) is 5.02. The van der Waals surface area contributed by atoms with E-state index in [1.54, 1.807) is 0 Å². The Morgan fingerprint density at radius 3 is 2.06 bits per heavy atom. The van der Waals surface area contributed by atoms with Crippen LogP contribution < -0.4 is 0 Å². The van der Waals surface area contributed by atoms with E-state index in [1.807, 2.05) is 0 Å². The highest BCUT2D eigenvalue weighted by molar-refractivity contribution is 5.85. The third-order valence-corrected chi connectivity index (χ3v) is 5.02. The molecule has 2 unspecified atom stereocenters. The maximum absolute atomic E-state index is 12.9. The van der Waals surface area contributed by atoms with Gasteiger partial charge in [-0.1, -0.05) is 20.3 Å². The minimum atomic E-state index is -0.306. The normalized spacial score (nSPS) is 36.8. The summed E-state index contributed by atoms with van der Waals surface area (Å²) in [5.41, 5.74) is -0.286. The van der Waals surface area contributed by atoms with Crippen molar-refractivity contribution in [2.75, 3.05) is 0 Å². The summed E-state index contributed by atoms with van der Waals surface area (Å²) in [5, 5.41) is 0. The summed E-state index contributed by atoms with van der Waals surface area (Å²) in [4.78, 5) is 12.9. The zero-order chi connectivity index (χ0) is 13.8. The number of carbonyl (C=O) groups excluding carboxylic acids is 1. The van der Waals surface area contributed by atoms with Crippen LogP contribution >= 0.6 is 0 Å². The van der Waals surface area contributed by atoms with Crippen LogP contribution in [-0.2, 0) is 9.53 Å². The maximum atomic E-state index is 12.9. The highest BCUT2D eigenvalue weighted by Gasteiger charge is 2.52. The first kappa shape index (κ1) is 14.0. The number of hydrogen-bond donors (Lipinski definition) is 0. The Morgan fingerprint density at radius 1 is 1.06 bits per heavy atom. The van der Waals surface area contributed by atoms with Gasteiger partial charge in [-0.3, -0.25) is 4.79 Å². The van der Waals surface area contributed by atoms with E-state index in [9.17, 15) is 4.79 Å². The van der Waals surface area contributed by atoms with Gasteiger partial charge in [0.05, 0.1) is 11.2 Å². The molecule has 104 valence electrons. The fourth-order valence-corrected chi connectivity index (χ4v) is 4.10. The van der Waals surface area contributed by atoms with Crippen LogP contribution in [0.4, 0.5) is 0 Å². The molecule has 2 aliphatic rings. The molecule has 0 spiro atoms. The summed E-state index contributed by atoms with van der Waals surface area (Å²) in [7, 11) is 0. The van der Waals surface area contributed by atoms with Crippen LogP contribution in [0.25, 0.3) is 0 Å². The average Bonchev–Trinajstić information content (AvgIpc) is 2.61. The van der Waals surface area contributed by atoms with Crippen molar-refractivity contribution in [3.05, 3.63) is 0 Å². The van der Waals surface area contributed by atoms with E-state index in [2.05, 4.69) is 41.5 Å². The van der Waals surface area contributed by atoms with E-state index in [0.717, 1.165) is 12.8 Å². The molecule has 1 heterocycles. The quantitative estimate of drug-likeness (QED) is 0.743. The van der Waals surface area contributed by atoms with Gasteiger partial charge >= 0.3 is 0 Å². The third kappa shape index (κ3) is 2.36. The Labute approximate surface area is 111 Å². The molecule has 0 bridgehead atoms. The number of hydrogen-bond acceptors (Lipinski definition) is 2. The second kappa shape index (κ2) is 4.06. The molecule has 2 nitrogen and oxygen atoms in total. The van der Waals surface area contributed by atoms with Gasteiger partial charge < -0.3 is 4.74 Å². The van der Waals surface area contributed by atoms with Crippen molar-refractivity contribution in [1.29, 1.82) is 0 Å². The summed E-state index contributed by atoms with van der Waals surface area (Å²) in [6.45, 7) is 12.8. The molecule has 0 radical (unpaired) electrons. The van der Waals surface area contributed by atoms with Gasteiger partial charge in [0.1, 0.15) is 5.78 Å². The van der Waals surface area contributed by atoms with Crippen molar-refractivity contribution in [3.8, 4) is 0 Å². The van der Waals surface area contributed by atoms with E-state index in [4.69, 9.17) is 4.74 Å². The lowest BCUT2D eigenvalue weighted by Crippen LogP contribution is -2.39.